The molecule has 0 amide bonds. The van der Waals surface area contributed by atoms with E-state index >= 15 is 0 Å². The lowest BCUT2D eigenvalue weighted by Crippen LogP contribution is -2.08. The zero-order valence-corrected chi connectivity index (χ0v) is 7.51. The van der Waals surface area contributed by atoms with Crippen LogP contribution < -0.4 is 4.74 Å². The molecule has 0 saturated carbocycles. The minimum atomic E-state index is -0.614. The Hall–Kier alpha value is -2.09. The summed E-state index contributed by atoms with van der Waals surface area (Å²) in [5.74, 6) is 0.327. The van der Waals surface area contributed by atoms with Crippen LogP contribution in [-0.4, -0.2) is 11.0 Å². The van der Waals surface area contributed by atoms with Crippen LogP contribution in [-0.2, 0) is 0 Å². The van der Waals surface area contributed by atoms with Crippen LogP contribution in [0.5, 0.6) is 5.75 Å². The lowest BCUT2D eigenvalue weighted by Gasteiger charge is -2.06. The van der Waals surface area contributed by atoms with Gasteiger partial charge in [-0.3, -0.25) is 10.1 Å². The van der Waals surface area contributed by atoms with Crippen molar-refractivity contribution in [3.05, 3.63) is 34.4 Å². The highest BCUT2D eigenvalue weighted by atomic mass is 16.6. The molecule has 14 heavy (non-hydrogen) atoms. The Labute approximate surface area is 80.7 Å². The van der Waals surface area contributed by atoms with Crippen LogP contribution in [0.3, 0.4) is 0 Å². The van der Waals surface area contributed by atoms with E-state index in [9.17, 15) is 10.1 Å². The van der Waals surface area contributed by atoms with Gasteiger partial charge in [0, 0.05) is 6.07 Å². The van der Waals surface area contributed by atoms with Crippen molar-refractivity contribution in [2.45, 2.75) is 13.0 Å². The molecule has 5 nitrogen and oxygen atoms in total. The summed E-state index contributed by atoms with van der Waals surface area (Å²) in [6, 6.07) is 7.60. The Bertz CT molecular complexity index is 384. The standard InChI is InChI=1S/C9H8N2O3/c1-7(6-10)14-9-4-2-3-8(5-9)11(12)13/h2-5,7H,1H3. The van der Waals surface area contributed by atoms with E-state index in [0.717, 1.165) is 0 Å². The summed E-state index contributed by atoms with van der Waals surface area (Å²) >= 11 is 0. The minimum absolute atomic E-state index is 0.0485. The zero-order valence-electron chi connectivity index (χ0n) is 7.51. The van der Waals surface area contributed by atoms with Crippen molar-refractivity contribution in [1.82, 2.24) is 0 Å². The maximum Gasteiger partial charge on any atom is 0.273 e. The number of ether oxygens (including phenoxy) is 1. The van der Waals surface area contributed by atoms with Crippen molar-refractivity contribution < 1.29 is 9.66 Å². The second-order valence-corrected chi connectivity index (χ2v) is 2.64. The smallest absolute Gasteiger partial charge is 0.273 e. The van der Waals surface area contributed by atoms with Gasteiger partial charge in [-0.1, -0.05) is 6.07 Å². The maximum absolute atomic E-state index is 10.4. The molecule has 1 rings (SSSR count). The zero-order chi connectivity index (χ0) is 10.6. The number of nitro benzene ring substituents is 1. The van der Waals surface area contributed by atoms with Gasteiger partial charge >= 0.3 is 0 Å². The Kier molecular flexibility index (Phi) is 3.02. The van der Waals surface area contributed by atoms with E-state index in [0.29, 0.717) is 5.75 Å². The Balaban J connectivity index is 2.85. The highest BCUT2D eigenvalue weighted by molar-refractivity contribution is 5.38. The lowest BCUT2D eigenvalue weighted by atomic mass is 10.3. The molecule has 0 fully saturated rings. The van der Waals surface area contributed by atoms with Crippen LogP contribution in [0.4, 0.5) is 5.69 Å². The third-order valence-corrected chi connectivity index (χ3v) is 1.52. The number of nitro groups is 1. The fraction of sp³-hybridized carbons (Fsp3) is 0.222. The first-order valence-corrected chi connectivity index (χ1v) is 3.94. The van der Waals surface area contributed by atoms with Crippen molar-refractivity contribution in [2.75, 3.05) is 0 Å². The summed E-state index contributed by atoms with van der Waals surface area (Å²) in [6.45, 7) is 1.57. The molecule has 0 N–H and O–H groups in total. The molecule has 0 heterocycles. The van der Waals surface area contributed by atoms with E-state index < -0.39 is 11.0 Å². The topological polar surface area (TPSA) is 76.2 Å². The maximum atomic E-state index is 10.4. The van der Waals surface area contributed by atoms with Crippen LogP contribution in [0.1, 0.15) is 6.92 Å². The van der Waals surface area contributed by atoms with Crippen LogP contribution in [0, 0.1) is 21.4 Å². The van der Waals surface area contributed by atoms with Crippen molar-refractivity contribution in [2.24, 2.45) is 0 Å². The molecule has 5 heteroatoms. The van der Waals surface area contributed by atoms with Gasteiger partial charge in [-0.05, 0) is 13.0 Å². The predicted octanol–water partition coefficient (Wildman–Crippen LogP) is 1.89. The number of hydrogen-bond donors (Lipinski definition) is 0. The first-order valence-electron chi connectivity index (χ1n) is 3.94. The van der Waals surface area contributed by atoms with E-state index in [2.05, 4.69) is 0 Å². The molecule has 0 radical (unpaired) electrons. The summed E-state index contributed by atoms with van der Waals surface area (Å²) in [7, 11) is 0. The van der Waals surface area contributed by atoms with Crippen molar-refractivity contribution in [3.63, 3.8) is 0 Å². The Morgan fingerprint density at radius 2 is 2.36 bits per heavy atom. The van der Waals surface area contributed by atoms with Gasteiger partial charge in [-0.15, -0.1) is 0 Å². The van der Waals surface area contributed by atoms with Gasteiger partial charge in [-0.25, -0.2) is 0 Å². The number of benzene rings is 1. The monoisotopic (exact) mass is 192 g/mol. The molecule has 1 aromatic carbocycles. The Morgan fingerprint density at radius 1 is 1.64 bits per heavy atom. The minimum Gasteiger partial charge on any atom is -0.476 e. The van der Waals surface area contributed by atoms with E-state index in [1.165, 1.54) is 18.2 Å². The first-order chi connectivity index (χ1) is 6.63. The van der Waals surface area contributed by atoms with Gasteiger partial charge in [0.05, 0.1) is 11.0 Å². The summed E-state index contributed by atoms with van der Waals surface area (Å²) in [6.07, 6.45) is -0.614. The van der Waals surface area contributed by atoms with Crippen LogP contribution >= 0.6 is 0 Å². The average Bonchev–Trinajstić information content (AvgIpc) is 2.18. The van der Waals surface area contributed by atoms with Gasteiger partial charge in [0.25, 0.3) is 5.69 Å². The molecule has 0 spiro atoms. The molecule has 0 aliphatic rings. The van der Waals surface area contributed by atoms with Gasteiger partial charge in [0.2, 0.25) is 0 Å². The Morgan fingerprint density at radius 3 is 2.93 bits per heavy atom. The first kappa shape index (κ1) is 9.99. The van der Waals surface area contributed by atoms with Gasteiger partial charge < -0.3 is 4.74 Å². The predicted molar refractivity (Wildman–Crippen MR) is 48.8 cm³/mol. The molecule has 72 valence electrons. The lowest BCUT2D eigenvalue weighted by molar-refractivity contribution is -0.384. The molecule has 0 saturated heterocycles. The fourth-order valence-corrected chi connectivity index (χ4v) is 0.901. The number of rotatable bonds is 3. The molecule has 0 aromatic heterocycles. The molecule has 1 atom stereocenters. The summed E-state index contributed by atoms with van der Waals surface area (Å²) in [4.78, 5) is 9.88. The number of hydrogen-bond acceptors (Lipinski definition) is 4. The molecular weight excluding hydrogens is 184 g/mol. The second kappa shape index (κ2) is 4.23. The number of nitriles is 1. The normalized spacial score (nSPS) is 11.4. The third kappa shape index (κ3) is 2.45. The largest absolute Gasteiger partial charge is 0.476 e. The highest BCUT2D eigenvalue weighted by Crippen LogP contribution is 2.19. The summed E-state index contributed by atoms with van der Waals surface area (Å²) in [5.41, 5.74) is -0.0485. The average molecular weight is 192 g/mol. The molecule has 0 bridgehead atoms. The van der Waals surface area contributed by atoms with Crippen LogP contribution in [0.15, 0.2) is 24.3 Å². The van der Waals surface area contributed by atoms with Crippen LogP contribution in [0.25, 0.3) is 0 Å². The van der Waals surface area contributed by atoms with Crippen molar-refractivity contribution >= 4 is 5.69 Å². The van der Waals surface area contributed by atoms with E-state index in [1.807, 2.05) is 6.07 Å². The second-order valence-electron chi connectivity index (χ2n) is 2.64. The van der Waals surface area contributed by atoms with E-state index in [4.69, 9.17) is 10.00 Å². The number of non-ortho nitro benzene ring substituents is 1. The van der Waals surface area contributed by atoms with Crippen molar-refractivity contribution in [3.8, 4) is 11.8 Å². The van der Waals surface area contributed by atoms with Gasteiger partial charge in [0.1, 0.15) is 11.8 Å². The third-order valence-electron chi connectivity index (χ3n) is 1.52. The summed E-state index contributed by atoms with van der Waals surface area (Å²) in [5, 5.41) is 18.9. The summed E-state index contributed by atoms with van der Waals surface area (Å²) < 4.78 is 5.09. The van der Waals surface area contributed by atoms with Crippen molar-refractivity contribution in [1.29, 1.82) is 5.26 Å². The van der Waals surface area contributed by atoms with E-state index in [-0.39, 0.29) is 5.69 Å². The molecule has 0 aliphatic carbocycles. The number of nitrogens with zero attached hydrogens (tertiary/aromatic N) is 2. The highest BCUT2D eigenvalue weighted by Gasteiger charge is 2.08. The fourth-order valence-electron chi connectivity index (χ4n) is 0.901. The molecular formula is C9H8N2O3. The van der Waals surface area contributed by atoms with Gasteiger partial charge in [0.15, 0.2) is 6.10 Å². The van der Waals surface area contributed by atoms with Crippen LogP contribution in [0.2, 0.25) is 0 Å². The molecule has 1 aromatic rings. The van der Waals surface area contributed by atoms with Gasteiger partial charge in [-0.2, -0.15) is 5.26 Å². The molecule has 1 unspecified atom stereocenters. The SMILES string of the molecule is CC(C#N)Oc1cccc([N+](=O)[O-])c1. The van der Waals surface area contributed by atoms with E-state index in [1.54, 1.807) is 13.0 Å². The quantitative estimate of drug-likeness (QED) is 0.541. The molecule has 0 aliphatic heterocycles.